The first-order chi connectivity index (χ1) is 17.4. The molecular formula is C25H27N5O7. The average molecular weight is 510 g/mol. The van der Waals surface area contributed by atoms with E-state index in [0.717, 1.165) is 0 Å². The van der Waals surface area contributed by atoms with Gasteiger partial charge in [0.15, 0.2) is 0 Å². The zero-order valence-electron chi connectivity index (χ0n) is 20.6. The van der Waals surface area contributed by atoms with Crippen LogP contribution in [0.1, 0.15) is 32.8 Å². The normalized spacial score (nSPS) is 15.5. The number of nitrogens with one attached hydrogen (secondary N) is 2. The van der Waals surface area contributed by atoms with Crippen LogP contribution in [0.25, 0.3) is 10.9 Å². The highest BCUT2D eigenvalue weighted by Crippen LogP contribution is 2.28. The number of benzene rings is 2. The van der Waals surface area contributed by atoms with Gasteiger partial charge in [0.2, 0.25) is 5.91 Å². The number of nitrogens with zero attached hydrogens (tertiary/aromatic N) is 3. The average Bonchev–Trinajstić information content (AvgIpc) is 3.31. The molecule has 0 aliphatic carbocycles. The van der Waals surface area contributed by atoms with Gasteiger partial charge in [-0.1, -0.05) is 18.2 Å². The summed E-state index contributed by atoms with van der Waals surface area (Å²) in [4.78, 5) is 64.7. The minimum Gasteiger partial charge on any atom is -0.444 e. The molecule has 1 saturated heterocycles. The Morgan fingerprint density at radius 3 is 2.62 bits per heavy atom. The lowest BCUT2D eigenvalue weighted by molar-refractivity contribution is -0.383. The molecular weight excluding hydrogens is 482 g/mol. The zero-order chi connectivity index (χ0) is 26.9. The van der Waals surface area contributed by atoms with E-state index in [1.807, 2.05) is 0 Å². The minimum atomic E-state index is -0.669. The lowest BCUT2D eigenvalue weighted by atomic mass is 10.1. The van der Waals surface area contributed by atoms with Crippen molar-refractivity contribution in [2.75, 3.05) is 18.4 Å². The maximum Gasteiger partial charge on any atom is 0.410 e. The number of hydrogen-bond acceptors (Lipinski definition) is 7. The molecule has 1 atom stereocenters. The number of para-hydroxylation sites is 1. The summed E-state index contributed by atoms with van der Waals surface area (Å²) in [5.74, 6) is -1.03. The maximum absolute atomic E-state index is 13.0. The highest BCUT2D eigenvalue weighted by molar-refractivity contribution is 5.95. The largest absolute Gasteiger partial charge is 0.444 e. The predicted octanol–water partition coefficient (Wildman–Crippen LogP) is 2.84. The number of nitro groups is 1. The molecule has 1 fully saturated rings. The van der Waals surface area contributed by atoms with Crippen molar-refractivity contribution in [1.82, 2.24) is 14.5 Å². The number of fused-ring (bicyclic) bond motifs is 1. The summed E-state index contributed by atoms with van der Waals surface area (Å²) < 4.78 is 6.70. The van der Waals surface area contributed by atoms with Crippen molar-refractivity contribution in [3.63, 3.8) is 0 Å². The standard InChI is InChI=1S/C25H27N5O7/c1-25(2,3)37-24(34)28-11-10-16(14-28)21(31)26-18-12-15(8-9-20(18)30(35)36)13-29-19-7-5-4-6-17(19)22(32)27-23(29)33/h4-9,12,16H,10-11,13-14H2,1-3H3,(H,26,31)(H,27,32,33)/t16-/m0/s1. The molecule has 4 rings (SSSR count). The summed E-state index contributed by atoms with van der Waals surface area (Å²) in [5, 5.41) is 14.6. The van der Waals surface area contributed by atoms with E-state index >= 15 is 0 Å². The Hall–Kier alpha value is -4.48. The van der Waals surface area contributed by atoms with Gasteiger partial charge in [-0.2, -0.15) is 0 Å². The Balaban J connectivity index is 1.57. The van der Waals surface area contributed by atoms with Gasteiger partial charge in [-0.25, -0.2) is 9.59 Å². The van der Waals surface area contributed by atoms with Crippen molar-refractivity contribution in [3.8, 4) is 0 Å². The molecule has 0 saturated carbocycles. The van der Waals surface area contributed by atoms with Gasteiger partial charge in [-0.15, -0.1) is 0 Å². The van der Waals surface area contributed by atoms with Crippen LogP contribution in [0.4, 0.5) is 16.2 Å². The Labute approximate surface area is 211 Å². The Bertz CT molecular complexity index is 1500. The van der Waals surface area contributed by atoms with Crippen molar-refractivity contribution >= 4 is 34.3 Å². The van der Waals surface area contributed by atoms with E-state index in [-0.39, 0.29) is 24.5 Å². The third-order valence-electron chi connectivity index (χ3n) is 5.97. The second-order valence-electron chi connectivity index (χ2n) is 9.87. The van der Waals surface area contributed by atoms with Crippen LogP contribution in [0.15, 0.2) is 52.1 Å². The van der Waals surface area contributed by atoms with Gasteiger partial charge in [0.1, 0.15) is 11.3 Å². The third kappa shape index (κ3) is 5.68. The van der Waals surface area contributed by atoms with Crippen molar-refractivity contribution in [2.24, 2.45) is 5.92 Å². The van der Waals surface area contributed by atoms with Gasteiger partial charge in [-0.05, 0) is 51.0 Å². The molecule has 1 aliphatic heterocycles. The summed E-state index contributed by atoms with van der Waals surface area (Å²) in [6.45, 7) is 5.72. The second-order valence-corrected chi connectivity index (χ2v) is 9.87. The molecule has 2 aromatic carbocycles. The number of carbonyl (C=O) groups excluding carboxylic acids is 2. The van der Waals surface area contributed by atoms with Gasteiger partial charge in [0, 0.05) is 19.2 Å². The third-order valence-corrected chi connectivity index (χ3v) is 5.97. The van der Waals surface area contributed by atoms with Crippen molar-refractivity contribution in [2.45, 2.75) is 39.3 Å². The summed E-state index contributed by atoms with van der Waals surface area (Å²) in [6, 6.07) is 10.8. The van der Waals surface area contributed by atoms with Crippen LogP contribution < -0.4 is 16.6 Å². The number of nitro benzene ring substituents is 1. The summed E-state index contributed by atoms with van der Waals surface area (Å²) >= 11 is 0. The summed E-state index contributed by atoms with van der Waals surface area (Å²) in [5.41, 5.74) is -1.22. The van der Waals surface area contributed by atoms with Gasteiger partial charge < -0.3 is 15.0 Å². The number of aromatic amines is 1. The van der Waals surface area contributed by atoms with E-state index in [1.54, 1.807) is 45.0 Å². The number of carbonyl (C=O) groups is 2. The van der Waals surface area contributed by atoms with Gasteiger partial charge in [0.25, 0.3) is 11.2 Å². The first-order valence-electron chi connectivity index (χ1n) is 11.7. The molecule has 0 bridgehead atoms. The summed E-state index contributed by atoms with van der Waals surface area (Å²) in [7, 11) is 0. The van der Waals surface area contributed by atoms with Gasteiger partial charge in [-0.3, -0.25) is 29.3 Å². The van der Waals surface area contributed by atoms with Crippen LogP contribution in [0.3, 0.4) is 0 Å². The van der Waals surface area contributed by atoms with Crippen molar-refractivity contribution < 1.29 is 19.2 Å². The van der Waals surface area contributed by atoms with Crippen LogP contribution in [0, 0.1) is 16.0 Å². The van der Waals surface area contributed by atoms with Gasteiger partial charge in [0.05, 0.1) is 28.3 Å². The number of hydrogen-bond donors (Lipinski definition) is 2. The topological polar surface area (TPSA) is 157 Å². The molecule has 37 heavy (non-hydrogen) atoms. The monoisotopic (exact) mass is 509 g/mol. The molecule has 12 heteroatoms. The van der Waals surface area contributed by atoms with Crippen LogP contribution in [-0.2, 0) is 16.1 Å². The van der Waals surface area contributed by atoms with E-state index in [0.29, 0.717) is 29.4 Å². The molecule has 1 aromatic heterocycles. The number of likely N-dealkylation sites (tertiary alicyclic amines) is 1. The molecule has 3 aromatic rings. The SMILES string of the molecule is CC(C)(C)OC(=O)N1CC[C@H](C(=O)Nc2cc(Cn3c(=O)[nH]c(=O)c4ccccc43)ccc2[N+](=O)[O-])C1. The molecule has 2 N–H and O–H groups in total. The van der Waals surface area contributed by atoms with Crippen LogP contribution in [0.5, 0.6) is 0 Å². The Morgan fingerprint density at radius 1 is 1.19 bits per heavy atom. The second kappa shape index (κ2) is 9.88. The maximum atomic E-state index is 13.0. The van der Waals surface area contributed by atoms with Crippen LogP contribution >= 0.6 is 0 Å². The number of aromatic nitrogens is 2. The van der Waals surface area contributed by atoms with E-state index < -0.39 is 39.7 Å². The molecule has 194 valence electrons. The van der Waals surface area contributed by atoms with Crippen molar-refractivity contribution in [1.29, 1.82) is 0 Å². The predicted molar refractivity (Wildman–Crippen MR) is 136 cm³/mol. The number of amides is 2. The Morgan fingerprint density at radius 2 is 1.92 bits per heavy atom. The highest BCUT2D eigenvalue weighted by atomic mass is 16.6. The fourth-order valence-corrected chi connectivity index (χ4v) is 4.22. The lowest BCUT2D eigenvalue weighted by Crippen LogP contribution is -2.36. The van der Waals surface area contributed by atoms with E-state index in [9.17, 15) is 29.3 Å². The molecule has 0 spiro atoms. The molecule has 0 unspecified atom stereocenters. The van der Waals surface area contributed by atoms with Gasteiger partial charge >= 0.3 is 11.8 Å². The molecule has 2 amide bonds. The quantitative estimate of drug-likeness (QED) is 0.395. The smallest absolute Gasteiger partial charge is 0.410 e. The minimum absolute atomic E-state index is 0.00679. The van der Waals surface area contributed by atoms with E-state index in [1.165, 1.54) is 27.7 Å². The van der Waals surface area contributed by atoms with Crippen LogP contribution in [-0.4, -0.2) is 50.1 Å². The number of ether oxygens (including phenoxy) is 1. The molecule has 2 heterocycles. The summed E-state index contributed by atoms with van der Waals surface area (Å²) in [6.07, 6.45) is -0.133. The van der Waals surface area contributed by atoms with Crippen LogP contribution in [0.2, 0.25) is 0 Å². The fraction of sp³-hybridized carbons (Fsp3) is 0.360. The highest BCUT2D eigenvalue weighted by Gasteiger charge is 2.34. The van der Waals surface area contributed by atoms with E-state index in [2.05, 4.69) is 10.3 Å². The number of anilines is 1. The number of rotatable bonds is 5. The Kier molecular flexibility index (Phi) is 6.84. The fourth-order valence-electron chi connectivity index (χ4n) is 4.22. The first kappa shape index (κ1) is 25.6. The van der Waals surface area contributed by atoms with E-state index in [4.69, 9.17) is 4.74 Å². The molecule has 0 radical (unpaired) electrons. The zero-order valence-corrected chi connectivity index (χ0v) is 20.6. The number of H-pyrrole nitrogens is 1. The molecule has 12 nitrogen and oxygen atoms in total. The molecule has 1 aliphatic rings. The lowest BCUT2D eigenvalue weighted by Gasteiger charge is -2.24. The van der Waals surface area contributed by atoms with Crippen molar-refractivity contribution in [3.05, 3.63) is 79.0 Å². The first-order valence-corrected chi connectivity index (χ1v) is 11.7.